The average Bonchev–Trinajstić information content (AvgIpc) is 4.05. The highest BCUT2D eigenvalue weighted by molar-refractivity contribution is 6.13. The molecule has 0 unspecified atom stereocenters. The molecule has 0 saturated carbocycles. The maximum absolute atomic E-state index is 2.58. The van der Waals surface area contributed by atoms with Crippen molar-refractivity contribution >= 4 is 38.9 Å². The van der Waals surface area contributed by atoms with Gasteiger partial charge in [0.1, 0.15) is 0 Å². The molecule has 11 aromatic carbocycles. The van der Waals surface area contributed by atoms with Crippen LogP contribution in [0.2, 0.25) is 0 Å². The van der Waals surface area contributed by atoms with E-state index < -0.39 is 10.8 Å². The minimum Gasteiger partial charge on any atom is -0.309 e. The number of hydrogen-bond acceptors (Lipinski definition) is 1. The monoisotopic (exact) mass is 888 g/mol. The largest absolute Gasteiger partial charge is 0.309 e. The van der Waals surface area contributed by atoms with E-state index in [1.54, 1.807) is 0 Å². The summed E-state index contributed by atoms with van der Waals surface area (Å²) < 4.78 is 2.58. The van der Waals surface area contributed by atoms with Gasteiger partial charge in [-0.15, -0.1) is 0 Å². The molecule has 70 heavy (non-hydrogen) atoms. The van der Waals surface area contributed by atoms with Crippen molar-refractivity contribution in [3.8, 4) is 39.1 Å². The van der Waals surface area contributed by atoms with Gasteiger partial charge in [0, 0.05) is 27.6 Å². The van der Waals surface area contributed by atoms with Crippen molar-refractivity contribution in [1.29, 1.82) is 0 Å². The molecule has 326 valence electrons. The molecule has 2 heteroatoms. The van der Waals surface area contributed by atoms with E-state index in [9.17, 15) is 0 Å². The van der Waals surface area contributed by atoms with Crippen LogP contribution in [-0.2, 0) is 10.8 Å². The van der Waals surface area contributed by atoms with Gasteiger partial charge in [0.25, 0.3) is 0 Å². The van der Waals surface area contributed by atoms with E-state index >= 15 is 0 Å². The van der Waals surface area contributed by atoms with Gasteiger partial charge in [-0.25, -0.2) is 0 Å². The first-order valence-corrected chi connectivity index (χ1v) is 24.4. The summed E-state index contributed by atoms with van der Waals surface area (Å²) in [4.78, 5) is 2.57. The fourth-order valence-electron chi connectivity index (χ4n) is 13.3. The van der Waals surface area contributed by atoms with Crippen LogP contribution in [0.15, 0.2) is 267 Å². The van der Waals surface area contributed by atoms with Crippen molar-refractivity contribution in [2.24, 2.45) is 0 Å². The highest BCUT2D eigenvalue weighted by atomic mass is 15.2. The summed E-state index contributed by atoms with van der Waals surface area (Å²) in [7, 11) is 0. The van der Waals surface area contributed by atoms with E-state index in [-0.39, 0.29) is 0 Å². The summed E-state index contributed by atoms with van der Waals surface area (Å²) >= 11 is 0. The Morgan fingerprint density at radius 1 is 0.314 bits per heavy atom. The first-order valence-electron chi connectivity index (χ1n) is 24.4. The second kappa shape index (κ2) is 14.8. The summed E-state index contributed by atoms with van der Waals surface area (Å²) in [5, 5.41) is 2.53. The zero-order valence-electron chi connectivity index (χ0n) is 38.3. The number of para-hydroxylation sites is 3. The van der Waals surface area contributed by atoms with E-state index in [2.05, 4.69) is 276 Å². The molecule has 1 spiro atoms. The molecule has 0 fully saturated rings. The molecule has 2 nitrogen and oxygen atoms in total. The van der Waals surface area contributed by atoms with E-state index in [1.165, 1.54) is 99.8 Å². The topological polar surface area (TPSA) is 8.17 Å². The van der Waals surface area contributed by atoms with Crippen molar-refractivity contribution in [1.82, 2.24) is 4.57 Å². The predicted octanol–water partition coefficient (Wildman–Crippen LogP) is 17.0. The van der Waals surface area contributed by atoms with Gasteiger partial charge >= 0.3 is 0 Å². The number of anilines is 3. The summed E-state index contributed by atoms with van der Waals surface area (Å²) in [5.74, 6) is 0. The second-order valence-electron chi connectivity index (χ2n) is 19.0. The number of rotatable bonds is 6. The Bertz CT molecular complexity index is 3980. The van der Waals surface area contributed by atoms with Crippen molar-refractivity contribution < 1.29 is 0 Å². The van der Waals surface area contributed by atoms with Crippen LogP contribution in [0.5, 0.6) is 0 Å². The third-order valence-corrected chi connectivity index (χ3v) is 15.9. The first-order chi connectivity index (χ1) is 34.8. The van der Waals surface area contributed by atoms with E-state index in [0.29, 0.717) is 0 Å². The molecule has 15 rings (SSSR count). The molecule has 0 radical (unpaired) electrons. The van der Waals surface area contributed by atoms with Gasteiger partial charge in [0.15, 0.2) is 0 Å². The Labute approximate surface area is 407 Å². The molecule has 2 aliphatic carbocycles. The standard InChI is InChI=1S/C68H44N2/c1-4-22-45(23-5-1)49-28-13-18-39-61(49)69(63-41-21-37-59-65(63)54-32-12-17-36-57(54)67(59,46-24-6-2-7-25-46)47-26-8-3-9-27-47)48-42-43-58-64(44-48)70-62-40-19-14-31-52(62)53-33-20-38-60(66(53)70)68(58)55-34-15-10-29-50(55)51-30-11-16-35-56(51)68/h1-44H. The quantitative estimate of drug-likeness (QED) is 0.161. The van der Waals surface area contributed by atoms with Gasteiger partial charge in [-0.2, -0.15) is 0 Å². The predicted molar refractivity (Wildman–Crippen MR) is 289 cm³/mol. The van der Waals surface area contributed by atoms with Crippen LogP contribution < -0.4 is 4.90 Å². The molecule has 1 aliphatic heterocycles. The molecule has 0 saturated heterocycles. The summed E-state index contributed by atoms with van der Waals surface area (Å²) in [5.41, 5.74) is 23.6. The van der Waals surface area contributed by atoms with E-state index in [4.69, 9.17) is 0 Å². The summed E-state index contributed by atoms with van der Waals surface area (Å²) in [6.07, 6.45) is 0. The Morgan fingerprint density at radius 3 is 1.51 bits per heavy atom. The first kappa shape index (κ1) is 39.1. The molecule has 0 bridgehead atoms. The average molecular weight is 889 g/mol. The number of fused-ring (bicyclic) bond motifs is 15. The molecule has 2 heterocycles. The SMILES string of the molecule is c1ccc(-c2ccccc2N(c2ccc3c(c2)-n2c4ccccc4c4cccc(c42)C32c3ccccc3-c3ccccc32)c2cccc3c2-c2ccccc2C3(c2ccccc2)c2ccccc2)cc1. The fraction of sp³-hybridized carbons (Fsp3) is 0.0294. The van der Waals surface area contributed by atoms with Gasteiger partial charge in [-0.1, -0.05) is 237 Å². The van der Waals surface area contributed by atoms with Crippen LogP contribution in [0.4, 0.5) is 17.1 Å². The van der Waals surface area contributed by atoms with Gasteiger partial charge in [0.2, 0.25) is 0 Å². The Kier molecular flexibility index (Phi) is 8.24. The molecule has 12 aromatic rings. The lowest BCUT2D eigenvalue weighted by Crippen LogP contribution is -2.33. The van der Waals surface area contributed by atoms with Crippen LogP contribution in [-0.4, -0.2) is 4.57 Å². The Hall–Kier alpha value is -8.98. The van der Waals surface area contributed by atoms with Gasteiger partial charge < -0.3 is 9.47 Å². The van der Waals surface area contributed by atoms with E-state index in [1.807, 2.05) is 0 Å². The van der Waals surface area contributed by atoms with Gasteiger partial charge in [0.05, 0.1) is 38.9 Å². The fourth-order valence-corrected chi connectivity index (χ4v) is 13.3. The highest BCUT2D eigenvalue weighted by Gasteiger charge is 2.51. The molecule has 0 N–H and O–H groups in total. The van der Waals surface area contributed by atoms with E-state index in [0.717, 1.165) is 22.6 Å². The summed E-state index contributed by atoms with van der Waals surface area (Å²) in [6, 6.07) is 99.9. The van der Waals surface area contributed by atoms with Crippen molar-refractivity contribution in [3.05, 3.63) is 311 Å². The lowest BCUT2D eigenvalue weighted by atomic mass is 9.65. The number of benzene rings is 11. The normalized spacial score (nSPS) is 13.9. The molecule has 0 atom stereocenters. The maximum atomic E-state index is 2.58. The molecular formula is C68H44N2. The molecule has 3 aliphatic rings. The van der Waals surface area contributed by atoms with Crippen LogP contribution >= 0.6 is 0 Å². The minimum atomic E-state index is -0.556. The maximum Gasteiger partial charge on any atom is 0.0754 e. The highest BCUT2D eigenvalue weighted by Crippen LogP contribution is 2.63. The van der Waals surface area contributed by atoms with Crippen molar-refractivity contribution in [2.45, 2.75) is 10.8 Å². The Morgan fingerprint density at radius 2 is 0.814 bits per heavy atom. The molecule has 1 aromatic heterocycles. The third kappa shape index (κ3) is 5.02. The second-order valence-corrected chi connectivity index (χ2v) is 19.0. The van der Waals surface area contributed by atoms with Crippen LogP contribution in [0.25, 0.3) is 60.9 Å². The summed E-state index contributed by atoms with van der Waals surface area (Å²) in [6.45, 7) is 0. The lowest BCUT2D eigenvalue weighted by molar-refractivity contribution is 0.748. The Balaban J connectivity index is 1.08. The molecule has 0 amide bonds. The zero-order chi connectivity index (χ0) is 46.0. The third-order valence-electron chi connectivity index (χ3n) is 15.9. The zero-order valence-corrected chi connectivity index (χ0v) is 38.3. The van der Waals surface area contributed by atoms with Gasteiger partial charge in [-0.3, -0.25) is 0 Å². The van der Waals surface area contributed by atoms with Crippen LogP contribution in [0.1, 0.15) is 44.5 Å². The number of nitrogens with zero attached hydrogens (tertiary/aromatic N) is 2. The van der Waals surface area contributed by atoms with Crippen molar-refractivity contribution in [2.75, 3.05) is 4.90 Å². The van der Waals surface area contributed by atoms with Crippen LogP contribution in [0.3, 0.4) is 0 Å². The lowest BCUT2D eigenvalue weighted by Gasteiger charge is -2.40. The minimum absolute atomic E-state index is 0.546. The van der Waals surface area contributed by atoms with Gasteiger partial charge in [-0.05, 0) is 97.1 Å². The number of aromatic nitrogens is 1. The smallest absolute Gasteiger partial charge is 0.0754 e. The van der Waals surface area contributed by atoms with Crippen LogP contribution in [0, 0.1) is 0 Å². The van der Waals surface area contributed by atoms with Crippen molar-refractivity contribution in [3.63, 3.8) is 0 Å². The number of hydrogen-bond donors (Lipinski definition) is 0. The molecular weight excluding hydrogens is 845 g/mol.